The lowest BCUT2D eigenvalue weighted by Gasteiger charge is -2.16. The van der Waals surface area contributed by atoms with Gasteiger partial charge in [-0.05, 0) is 24.7 Å². The molecule has 0 saturated heterocycles. The molecular formula is C14H19N3OS. The first kappa shape index (κ1) is 13.8. The first-order chi connectivity index (χ1) is 9.22. The Morgan fingerprint density at radius 2 is 2.26 bits per heavy atom. The molecule has 2 aromatic rings. The van der Waals surface area contributed by atoms with E-state index < -0.39 is 0 Å². The number of ether oxygens (including phenoxy) is 1. The Morgan fingerprint density at radius 3 is 3.00 bits per heavy atom. The van der Waals surface area contributed by atoms with Crippen LogP contribution in [0.4, 0.5) is 5.13 Å². The summed E-state index contributed by atoms with van der Waals surface area (Å²) in [5.74, 6) is 0.890. The Balaban J connectivity index is 2.04. The molecule has 0 aliphatic carbocycles. The zero-order valence-electron chi connectivity index (χ0n) is 11.5. The summed E-state index contributed by atoms with van der Waals surface area (Å²) in [6, 6.07) is 8.12. The van der Waals surface area contributed by atoms with Gasteiger partial charge in [0, 0.05) is 25.5 Å². The summed E-state index contributed by atoms with van der Waals surface area (Å²) < 4.78 is 5.24. The monoisotopic (exact) mass is 277 g/mol. The molecule has 1 N–H and O–H groups in total. The molecule has 1 aromatic heterocycles. The van der Waals surface area contributed by atoms with E-state index >= 15 is 0 Å². The molecule has 2 rings (SSSR count). The Kier molecular flexibility index (Phi) is 4.76. The molecule has 0 spiro atoms. The summed E-state index contributed by atoms with van der Waals surface area (Å²) in [5.41, 5.74) is 2.30. The third-order valence-corrected chi connectivity index (χ3v) is 3.78. The van der Waals surface area contributed by atoms with E-state index in [1.54, 1.807) is 18.4 Å². The lowest BCUT2D eigenvalue weighted by atomic mass is 10.2. The number of benzene rings is 1. The lowest BCUT2D eigenvalue weighted by Crippen LogP contribution is -2.16. The van der Waals surface area contributed by atoms with Crippen LogP contribution in [0.1, 0.15) is 11.3 Å². The van der Waals surface area contributed by atoms with E-state index in [1.807, 2.05) is 19.2 Å². The second-order valence-corrected chi connectivity index (χ2v) is 5.20. The van der Waals surface area contributed by atoms with Crippen LogP contribution in [0.15, 0.2) is 29.6 Å². The molecule has 0 saturated carbocycles. The normalized spacial score (nSPS) is 10.5. The van der Waals surface area contributed by atoms with Gasteiger partial charge in [-0.15, -0.1) is 11.3 Å². The number of nitrogens with zero attached hydrogens (tertiary/aromatic N) is 2. The second kappa shape index (κ2) is 6.54. The number of methoxy groups -OCH3 is 1. The highest BCUT2D eigenvalue weighted by atomic mass is 32.1. The summed E-state index contributed by atoms with van der Waals surface area (Å²) in [6.45, 7) is 1.63. The van der Waals surface area contributed by atoms with Crippen LogP contribution in [0.5, 0.6) is 5.75 Å². The third-order valence-electron chi connectivity index (χ3n) is 2.78. The maximum atomic E-state index is 5.24. The van der Waals surface area contributed by atoms with E-state index in [0.717, 1.165) is 29.7 Å². The minimum absolute atomic E-state index is 0.809. The van der Waals surface area contributed by atoms with Crippen LogP contribution < -0.4 is 15.0 Å². The van der Waals surface area contributed by atoms with Gasteiger partial charge in [-0.1, -0.05) is 12.1 Å². The largest absolute Gasteiger partial charge is 0.497 e. The molecule has 0 unspecified atom stereocenters. The summed E-state index contributed by atoms with van der Waals surface area (Å²) >= 11 is 1.67. The van der Waals surface area contributed by atoms with Crippen LogP contribution in [0, 0.1) is 0 Å². The van der Waals surface area contributed by atoms with E-state index in [4.69, 9.17) is 4.74 Å². The second-order valence-electron chi connectivity index (χ2n) is 4.36. The van der Waals surface area contributed by atoms with E-state index in [2.05, 4.69) is 39.8 Å². The Bertz CT molecular complexity index is 527. The molecule has 0 aliphatic rings. The predicted molar refractivity (Wildman–Crippen MR) is 80.0 cm³/mol. The number of hydrogen-bond acceptors (Lipinski definition) is 5. The van der Waals surface area contributed by atoms with Gasteiger partial charge >= 0.3 is 0 Å². The van der Waals surface area contributed by atoms with Crippen molar-refractivity contribution in [2.24, 2.45) is 0 Å². The van der Waals surface area contributed by atoms with Crippen LogP contribution in [0.2, 0.25) is 0 Å². The number of aromatic nitrogens is 1. The van der Waals surface area contributed by atoms with Crippen molar-refractivity contribution in [1.29, 1.82) is 0 Å². The minimum Gasteiger partial charge on any atom is -0.497 e. The van der Waals surface area contributed by atoms with Crippen LogP contribution in [-0.4, -0.2) is 26.2 Å². The summed E-state index contributed by atoms with van der Waals surface area (Å²) in [7, 11) is 5.67. The van der Waals surface area contributed by atoms with E-state index in [1.165, 1.54) is 5.56 Å². The van der Waals surface area contributed by atoms with E-state index in [-0.39, 0.29) is 0 Å². The SMILES string of the molecule is CNCc1csc(N(C)Cc2cccc(OC)c2)n1. The zero-order valence-corrected chi connectivity index (χ0v) is 12.3. The highest BCUT2D eigenvalue weighted by molar-refractivity contribution is 7.13. The fourth-order valence-electron chi connectivity index (χ4n) is 1.85. The molecule has 19 heavy (non-hydrogen) atoms. The molecule has 4 nitrogen and oxygen atoms in total. The van der Waals surface area contributed by atoms with Crippen molar-refractivity contribution in [2.45, 2.75) is 13.1 Å². The fraction of sp³-hybridized carbons (Fsp3) is 0.357. The number of anilines is 1. The van der Waals surface area contributed by atoms with Gasteiger partial charge in [-0.2, -0.15) is 0 Å². The van der Waals surface area contributed by atoms with Crippen molar-refractivity contribution in [3.63, 3.8) is 0 Å². The van der Waals surface area contributed by atoms with Crippen molar-refractivity contribution < 1.29 is 4.74 Å². The minimum atomic E-state index is 0.809. The fourth-order valence-corrected chi connectivity index (χ4v) is 2.64. The Labute approximate surface area is 118 Å². The number of hydrogen-bond donors (Lipinski definition) is 1. The smallest absolute Gasteiger partial charge is 0.185 e. The standard InChI is InChI=1S/C14H19N3OS/c1-15-8-12-10-19-14(16-12)17(2)9-11-5-4-6-13(7-11)18-3/h4-7,10,15H,8-9H2,1-3H3. The van der Waals surface area contributed by atoms with Crippen molar-refractivity contribution >= 4 is 16.5 Å². The summed E-state index contributed by atoms with van der Waals surface area (Å²) in [6.07, 6.45) is 0. The Hall–Kier alpha value is -1.59. The van der Waals surface area contributed by atoms with Crippen LogP contribution in [0.25, 0.3) is 0 Å². The molecule has 102 valence electrons. The molecule has 0 amide bonds. The highest BCUT2D eigenvalue weighted by Gasteiger charge is 2.07. The van der Waals surface area contributed by atoms with Crippen LogP contribution in [0.3, 0.4) is 0 Å². The van der Waals surface area contributed by atoms with Gasteiger partial charge in [0.05, 0.1) is 12.8 Å². The number of nitrogens with one attached hydrogen (secondary N) is 1. The van der Waals surface area contributed by atoms with Crippen molar-refractivity contribution in [3.05, 3.63) is 40.9 Å². The highest BCUT2D eigenvalue weighted by Crippen LogP contribution is 2.22. The molecule has 0 aliphatic heterocycles. The molecule has 0 bridgehead atoms. The topological polar surface area (TPSA) is 37.4 Å². The average molecular weight is 277 g/mol. The van der Waals surface area contributed by atoms with Crippen LogP contribution >= 0.6 is 11.3 Å². The first-order valence-corrected chi connectivity index (χ1v) is 7.04. The molecule has 1 aromatic carbocycles. The molecular weight excluding hydrogens is 258 g/mol. The first-order valence-electron chi connectivity index (χ1n) is 6.16. The lowest BCUT2D eigenvalue weighted by molar-refractivity contribution is 0.414. The summed E-state index contributed by atoms with van der Waals surface area (Å²) in [5, 5.41) is 6.24. The van der Waals surface area contributed by atoms with Gasteiger partial charge < -0.3 is 15.0 Å². The zero-order chi connectivity index (χ0) is 13.7. The molecule has 0 fully saturated rings. The predicted octanol–water partition coefficient (Wildman–Crippen LogP) is 2.51. The maximum absolute atomic E-state index is 5.24. The number of thiazole rings is 1. The van der Waals surface area contributed by atoms with Gasteiger partial charge in [0.2, 0.25) is 0 Å². The molecule has 1 heterocycles. The Morgan fingerprint density at radius 1 is 1.42 bits per heavy atom. The van der Waals surface area contributed by atoms with Gasteiger partial charge in [-0.3, -0.25) is 0 Å². The quantitative estimate of drug-likeness (QED) is 0.880. The van der Waals surface area contributed by atoms with E-state index in [9.17, 15) is 0 Å². The van der Waals surface area contributed by atoms with Crippen LogP contribution in [-0.2, 0) is 13.1 Å². The van der Waals surface area contributed by atoms with Gasteiger partial charge in [-0.25, -0.2) is 4.98 Å². The maximum Gasteiger partial charge on any atom is 0.185 e. The van der Waals surface area contributed by atoms with Gasteiger partial charge in [0.25, 0.3) is 0 Å². The molecule has 5 heteroatoms. The molecule has 0 radical (unpaired) electrons. The molecule has 0 atom stereocenters. The van der Waals surface area contributed by atoms with Gasteiger partial charge in [0.15, 0.2) is 5.13 Å². The van der Waals surface area contributed by atoms with Crippen molar-refractivity contribution in [3.8, 4) is 5.75 Å². The van der Waals surface area contributed by atoms with Gasteiger partial charge in [0.1, 0.15) is 5.75 Å². The third kappa shape index (κ3) is 3.68. The van der Waals surface area contributed by atoms with E-state index in [0.29, 0.717) is 0 Å². The number of rotatable bonds is 6. The average Bonchev–Trinajstić information content (AvgIpc) is 2.88. The van der Waals surface area contributed by atoms with Crippen molar-refractivity contribution in [2.75, 3.05) is 26.1 Å². The summed E-state index contributed by atoms with van der Waals surface area (Å²) in [4.78, 5) is 6.74. The van der Waals surface area contributed by atoms with Crippen molar-refractivity contribution in [1.82, 2.24) is 10.3 Å².